The first-order valence-corrected chi connectivity index (χ1v) is 7.46. The maximum atomic E-state index is 11.7. The zero-order valence-electron chi connectivity index (χ0n) is 12.4. The molecule has 5 heteroatoms. The highest BCUT2D eigenvalue weighted by Gasteiger charge is 2.29. The summed E-state index contributed by atoms with van der Waals surface area (Å²) in [4.78, 5) is 23.4. The molecule has 0 heterocycles. The lowest BCUT2D eigenvalue weighted by atomic mass is 10.1. The first-order chi connectivity index (χ1) is 10.0. The molecule has 1 aromatic carbocycles. The van der Waals surface area contributed by atoms with Gasteiger partial charge in [-0.1, -0.05) is 12.1 Å². The topological polar surface area (TPSA) is 84.2 Å². The molecule has 0 aromatic heterocycles. The van der Waals surface area contributed by atoms with E-state index in [2.05, 4.69) is 10.6 Å². The van der Waals surface area contributed by atoms with E-state index in [1.165, 1.54) is 0 Å². The van der Waals surface area contributed by atoms with Gasteiger partial charge >= 0.3 is 0 Å². The molecule has 2 rings (SSSR count). The maximum absolute atomic E-state index is 11.7. The molecule has 1 aliphatic rings. The van der Waals surface area contributed by atoms with Crippen molar-refractivity contribution in [2.24, 2.45) is 11.7 Å². The number of amides is 2. The van der Waals surface area contributed by atoms with Crippen LogP contribution in [-0.2, 0) is 16.1 Å². The molecule has 1 unspecified atom stereocenters. The molecule has 5 nitrogen and oxygen atoms in total. The minimum absolute atomic E-state index is 0.000260. The molecule has 0 radical (unpaired) electrons. The van der Waals surface area contributed by atoms with Crippen molar-refractivity contribution in [1.29, 1.82) is 0 Å². The number of carbonyl (C=O) groups excluding carboxylic acids is 2. The maximum Gasteiger partial charge on any atom is 0.227 e. The predicted molar refractivity (Wildman–Crippen MR) is 82.5 cm³/mol. The standard InChI is InChI=1S/C16H23N3O2/c1-11(17)5-8-15(20)18-10-12-3-2-4-14(9-12)19-16(21)13-6-7-13/h2-4,9,11,13H,5-8,10,17H2,1H3,(H,18,20)(H,19,21). The van der Waals surface area contributed by atoms with Gasteiger partial charge in [0, 0.05) is 30.6 Å². The Kier molecular flexibility index (Phi) is 5.33. The summed E-state index contributed by atoms with van der Waals surface area (Å²) >= 11 is 0. The third-order valence-corrected chi connectivity index (χ3v) is 3.46. The highest BCUT2D eigenvalue weighted by molar-refractivity contribution is 5.94. The normalized spacial score (nSPS) is 15.3. The number of rotatable bonds is 7. The van der Waals surface area contributed by atoms with Crippen LogP contribution in [0.15, 0.2) is 24.3 Å². The summed E-state index contributed by atoms with van der Waals surface area (Å²) in [6.07, 6.45) is 3.10. The van der Waals surface area contributed by atoms with Crippen LogP contribution >= 0.6 is 0 Å². The van der Waals surface area contributed by atoms with E-state index >= 15 is 0 Å². The Morgan fingerprint density at radius 1 is 1.38 bits per heavy atom. The van der Waals surface area contributed by atoms with Crippen LogP contribution in [0.4, 0.5) is 5.69 Å². The van der Waals surface area contributed by atoms with E-state index in [0.29, 0.717) is 19.4 Å². The zero-order chi connectivity index (χ0) is 15.2. The van der Waals surface area contributed by atoms with E-state index < -0.39 is 0 Å². The summed E-state index contributed by atoms with van der Waals surface area (Å²) in [6.45, 7) is 2.35. The number of carbonyl (C=O) groups is 2. The number of hydrogen-bond acceptors (Lipinski definition) is 3. The number of anilines is 1. The smallest absolute Gasteiger partial charge is 0.227 e. The average Bonchev–Trinajstić information content (AvgIpc) is 3.28. The Bertz CT molecular complexity index is 510. The van der Waals surface area contributed by atoms with E-state index in [4.69, 9.17) is 5.73 Å². The first kappa shape index (κ1) is 15.5. The minimum Gasteiger partial charge on any atom is -0.352 e. The van der Waals surface area contributed by atoms with Crippen LogP contribution in [0.25, 0.3) is 0 Å². The quantitative estimate of drug-likeness (QED) is 0.715. The molecule has 0 spiro atoms. The van der Waals surface area contributed by atoms with Crippen molar-refractivity contribution in [3.05, 3.63) is 29.8 Å². The van der Waals surface area contributed by atoms with Crippen molar-refractivity contribution < 1.29 is 9.59 Å². The van der Waals surface area contributed by atoms with Gasteiger partial charge in [-0.15, -0.1) is 0 Å². The molecule has 1 atom stereocenters. The van der Waals surface area contributed by atoms with Gasteiger partial charge in [0.25, 0.3) is 0 Å². The number of nitrogens with two attached hydrogens (primary N) is 1. The molecular weight excluding hydrogens is 266 g/mol. The molecule has 0 saturated heterocycles. The van der Waals surface area contributed by atoms with E-state index in [1.54, 1.807) is 0 Å². The van der Waals surface area contributed by atoms with Crippen molar-refractivity contribution >= 4 is 17.5 Å². The highest BCUT2D eigenvalue weighted by Crippen LogP contribution is 2.30. The molecule has 0 aliphatic heterocycles. The van der Waals surface area contributed by atoms with Gasteiger partial charge < -0.3 is 16.4 Å². The van der Waals surface area contributed by atoms with Gasteiger partial charge in [0.2, 0.25) is 11.8 Å². The Labute approximate surface area is 125 Å². The Hall–Kier alpha value is -1.88. The second-order valence-corrected chi connectivity index (χ2v) is 5.76. The van der Waals surface area contributed by atoms with Crippen molar-refractivity contribution in [1.82, 2.24) is 5.32 Å². The van der Waals surface area contributed by atoms with Gasteiger partial charge in [-0.2, -0.15) is 0 Å². The lowest BCUT2D eigenvalue weighted by Gasteiger charge is -2.09. The number of benzene rings is 1. The van der Waals surface area contributed by atoms with E-state index in [1.807, 2.05) is 31.2 Å². The third-order valence-electron chi connectivity index (χ3n) is 3.46. The summed E-state index contributed by atoms with van der Waals surface area (Å²) in [5.41, 5.74) is 7.38. The summed E-state index contributed by atoms with van der Waals surface area (Å²) < 4.78 is 0. The van der Waals surface area contributed by atoms with E-state index in [0.717, 1.165) is 24.1 Å². The Balaban J connectivity index is 1.80. The molecule has 21 heavy (non-hydrogen) atoms. The lowest BCUT2D eigenvalue weighted by Crippen LogP contribution is -2.25. The molecule has 1 saturated carbocycles. The molecular formula is C16H23N3O2. The summed E-state index contributed by atoms with van der Waals surface area (Å²) in [6, 6.07) is 7.61. The van der Waals surface area contributed by atoms with Crippen LogP contribution in [0.5, 0.6) is 0 Å². The predicted octanol–water partition coefficient (Wildman–Crippen LogP) is 1.78. The van der Waals surface area contributed by atoms with Crippen LogP contribution in [0.1, 0.15) is 38.2 Å². The second kappa shape index (κ2) is 7.22. The van der Waals surface area contributed by atoms with Crippen molar-refractivity contribution in [3.63, 3.8) is 0 Å². The van der Waals surface area contributed by atoms with Crippen molar-refractivity contribution in [2.75, 3.05) is 5.32 Å². The first-order valence-electron chi connectivity index (χ1n) is 7.46. The average molecular weight is 289 g/mol. The molecule has 1 aromatic rings. The zero-order valence-corrected chi connectivity index (χ0v) is 12.4. The lowest BCUT2D eigenvalue weighted by molar-refractivity contribution is -0.121. The number of nitrogens with one attached hydrogen (secondary N) is 2. The molecule has 0 bridgehead atoms. The fourth-order valence-corrected chi connectivity index (χ4v) is 2.00. The van der Waals surface area contributed by atoms with Gasteiger partial charge in [-0.05, 0) is 43.9 Å². The molecule has 4 N–H and O–H groups in total. The van der Waals surface area contributed by atoms with Crippen molar-refractivity contribution in [3.8, 4) is 0 Å². The fraction of sp³-hybridized carbons (Fsp3) is 0.500. The Morgan fingerprint density at radius 2 is 2.14 bits per heavy atom. The number of hydrogen-bond donors (Lipinski definition) is 3. The second-order valence-electron chi connectivity index (χ2n) is 5.76. The largest absolute Gasteiger partial charge is 0.352 e. The van der Waals surface area contributed by atoms with Gasteiger partial charge in [0.05, 0.1) is 0 Å². The van der Waals surface area contributed by atoms with Crippen LogP contribution in [0, 0.1) is 5.92 Å². The SMILES string of the molecule is CC(N)CCC(=O)NCc1cccc(NC(=O)C2CC2)c1. The fourth-order valence-electron chi connectivity index (χ4n) is 2.00. The van der Waals surface area contributed by atoms with Gasteiger partial charge in [0.1, 0.15) is 0 Å². The van der Waals surface area contributed by atoms with Gasteiger partial charge in [-0.3, -0.25) is 9.59 Å². The minimum atomic E-state index is -0.000260. The molecule has 1 aliphatic carbocycles. The summed E-state index contributed by atoms with van der Waals surface area (Å²) in [7, 11) is 0. The van der Waals surface area contributed by atoms with E-state index in [-0.39, 0.29) is 23.8 Å². The van der Waals surface area contributed by atoms with Gasteiger partial charge in [0.15, 0.2) is 0 Å². The summed E-state index contributed by atoms with van der Waals surface area (Å²) in [5.74, 6) is 0.277. The molecule has 1 fully saturated rings. The molecule has 114 valence electrons. The van der Waals surface area contributed by atoms with E-state index in [9.17, 15) is 9.59 Å². The highest BCUT2D eigenvalue weighted by atomic mass is 16.2. The van der Waals surface area contributed by atoms with Crippen LogP contribution in [0.3, 0.4) is 0 Å². The van der Waals surface area contributed by atoms with Crippen LogP contribution in [-0.4, -0.2) is 17.9 Å². The molecule has 2 amide bonds. The van der Waals surface area contributed by atoms with Crippen LogP contribution in [0.2, 0.25) is 0 Å². The van der Waals surface area contributed by atoms with Gasteiger partial charge in [-0.25, -0.2) is 0 Å². The third kappa shape index (κ3) is 5.55. The monoisotopic (exact) mass is 289 g/mol. The Morgan fingerprint density at radius 3 is 2.81 bits per heavy atom. The van der Waals surface area contributed by atoms with Crippen molar-refractivity contribution in [2.45, 2.75) is 45.2 Å². The summed E-state index contributed by atoms with van der Waals surface area (Å²) in [5, 5.41) is 5.77. The van der Waals surface area contributed by atoms with Crippen LogP contribution < -0.4 is 16.4 Å².